The second kappa shape index (κ2) is 8.83. The van der Waals surface area contributed by atoms with E-state index in [1.54, 1.807) is 18.6 Å². The molecule has 0 fully saturated rings. The molecule has 0 spiro atoms. The molecule has 1 aliphatic carbocycles. The number of rotatable bonds is 4. The predicted molar refractivity (Wildman–Crippen MR) is 159 cm³/mol. The molecule has 196 valence electrons. The Hall–Kier alpha value is -5.36. The third-order valence-corrected chi connectivity index (χ3v) is 8.23. The molecule has 7 aromatic rings. The van der Waals surface area contributed by atoms with Crippen LogP contribution in [0, 0.1) is 0 Å². The first kappa shape index (κ1) is 23.5. The van der Waals surface area contributed by atoms with Crippen LogP contribution in [0.1, 0.15) is 25.0 Å². The van der Waals surface area contributed by atoms with Gasteiger partial charge in [0.2, 0.25) is 0 Å². The largest absolute Gasteiger partial charge is 0.443 e. The predicted octanol–water partition coefficient (Wildman–Crippen LogP) is 8.58. The zero-order valence-electron chi connectivity index (χ0n) is 22.5. The van der Waals surface area contributed by atoms with E-state index in [9.17, 15) is 0 Å². The average Bonchev–Trinajstić information content (AvgIpc) is 3.79. The minimum Gasteiger partial charge on any atom is -0.443 e. The summed E-state index contributed by atoms with van der Waals surface area (Å²) >= 11 is 0. The quantitative estimate of drug-likeness (QED) is 0.226. The third kappa shape index (κ3) is 3.64. The van der Waals surface area contributed by atoms with Gasteiger partial charge >= 0.3 is 0 Å². The molecule has 4 aromatic heterocycles. The Bertz CT molecular complexity index is 2080. The van der Waals surface area contributed by atoms with Gasteiger partial charge in [-0.2, -0.15) is 0 Å². The van der Waals surface area contributed by atoms with Crippen LogP contribution in [0.5, 0.6) is 0 Å². The van der Waals surface area contributed by atoms with Gasteiger partial charge in [0, 0.05) is 52.5 Å². The summed E-state index contributed by atoms with van der Waals surface area (Å²) in [4.78, 5) is 17.2. The van der Waals surface area contributed by atoms with E-state index in [1.807, 2.05) is 18.6 Å². The van der Waals surface area contributed by atoms with Crippen LogP contribution >= 0.6 is 0 Å². The van der Waals surface area contributed by atoms with Gasteiger partial charge in [-0.25, -0.2) is 9.97 Å². The normalized spacial score (nSPS) is 13.3. The number of pyridine rings is 2. The lowest BCUT2D eigenvalue weighted by Gasteiger charge is -2.23. The van der Waals surface area contributed by atoms with Crippen LogP contribution in [0.15, 0.2) is 119 Å². The Labute approximate surface area is 236 Å². The first-order valence-corrected chi connectivity index (χ1v) is 13.5. The highest BCUT2D eigenvalue weighted by Crippen LogP contribution is 2.54. The standard InChI is InChI=1S/C35H24N4O2/c1-35(2)30-11-21(22-9-24(15-36-13-22)32-17-38-19-40-32)7-8-28(30)34-27-6-4-3-5-26(27)29(12-31(34)35)23-10-25(16-37-14-23)33-18-39-20-41-33/h3-20H,1-2H3. The van der Waals surface area contributed by atoms with Crippen LogP contribution in [-0.2, 0) is 5.41 Å². The first-order valence-electron chi connectivity index (χ1n) is 13.5. The van der Waals surface area contributed by atoms with Gasteiger partial charge in [0.1, 0.15) is 0 Å². The van der Waals surface area contributed by atoms with Crippen LogP contribution in [0.2, 0.25) is 0 Å². The Balaban J connectivity index is 1.30. The molecule has 4 heterocycles. The summed E-state index contributed by atoms with van der Waals surface area (Å²) in [5.74, 6) is 1.40. The van der Waals surface area contributed by atoms with Gasteiger partial charge in [0.25, 0.3) is 0 Å². The van der Waals surface area contributed by atoms with Crippen molar-refractivity contribution in [3.05, 3.63) is 122 Å². The summed E-state index contributed by atoms with van der Waals surface area (Å²) in [5.41, 5.74) is 11.1. The van der Waals surface area contributed by atoms with Crippen molar-refractivity contribution in [2.75, 3.05) is 0 Å². The SMILES string of the molecule is CC1(C)c2cc(-c3cncc(-c4cnco4)c3)ccc2-c2c1cc(-c1cncc(-c3cnco3)c1)c1ccccc21. The maximum absolute atomic E-state index is 5.56. The van der Waals surface area contributed by atoms with E-state index in [0.29, 0.717) is 11.5 Å². The van der Waals surface area contributed by atoms with Crippen molar-refractivity contribution in [2.24, 2.45) is 0 Å². The number of fused-ring (bicyclic) bond motifs is 5. The minimum absolute atomic E-state index is 0.217. The number of oxazole rings is 2. The molecule has 0 atom stereocenters. The summed E-state index contributed by atoms with van der Waals surface area (Å²) in [6.07, 6.45) is 13.8. The topological polar surface area (TPSA) is 77.8 Å². The average molecular weight is 533 g/mol. The molecular formula is C35H24N4O2. The Kier molecular flexibility index (Phi) is 5.06. The van der Waals surface area contributed by atoms with E-state index >= 15 is 0 Å². The van der Waals surface area contributed by atoms with Crippen LogP contribution in [-0.4, -0.2) is 19.9 Å². The fourth-order valence-electron chi connectivity index (χ4n) is 6.17. The number of hydrogen-bond acceptors (Lipinski definition) is 6. The third-order valence-electron chi connectivity index (χ3n) is 8.23. The first-order chi connectivity index (χ1) is 20.1. The maximum Gasteiger partial charge on any atom is 0.181 e. The van der Waals surface area contributed by atoms with Gasteiger partial charge in [-0.05, 0) is 68.4 Å². The van der Waals surface area contributed by atoms with E-state index in [1.165, 1.54) is 45.8 Å². The van der Waals surface area contributed by atoms with Crippen LogP contribution < -0.4 is 0 Å². The van der Waals surface area contributed by atoms with Crippen molar-refractivity contribution in [3.8, 4) is 56.0 Å². The lowest BCUT2D eigenvalue weighted by Crippen LogP contribution is -2.15. The van der Waals surface area contributed by atoms with E-state index in [4.69, 9.17) is 8.83 Å². The fourth-order valence-corrected chi connectivity index (χ4v) is 6.17. The summed E-state index contributed by atoms with van der Waals surface area (Å²) in [6.45, 7) is 4.62. The number of hydrogen-bond donors (Lipinski definition) is 0. The Morgan fingerprint density at radius 2 is 1.15 bits per heavy atom. The van der Waals surface area contributed by atoms with Gasteiger partial charge < -0.3 is 8.83 Å². The van der Waals surface area contributed by atoms with Crippen molar-refractivity contribution >= 4 is 10.8 Å². The monoisotopic (exact) mass is 532 g/mol. The van der Waals surface area contributed by atoms with Gasteiger partial charge in [0.15, 0.2) is 24.3 Å². The molecule has 6 nitrogen and oxygen atoms in total. The lowest BCUT2D eigenvalue weighted by atomic mass is 9.80. The second-order valence-corrected chi connectivity index (χ2v) is 10.9. The second-order valence-electron chi connectivity index (χ2n) is 10.9. The van der Waals surface area contributed by atoms with Gasteiger partial charge in [-0.15, -0.1) is 0 Å². The molecule has 0 N–H and O–H groups in total. The summed E-state index contributed by atoms with van der Waals surface area (Å²) < 4.78 is 11.1. The zero-order valence-corrected chi connectivity index (χ0v) is 22.5. The lowest BCUT2D eigenvalue weighted by molar-refractivity contribution is 0.571. The molecule has 0 aliphatic heterocycles. The van der Waals surface area contributed by atoms with E-state index in [2.05, 4.69) is 94.4 Å². The highest BCUT2D eigenvalue weighted by molar-refractivity contribution is 6.09. The van der Waals surface area contributed by atoms with E-state index in [0.717, 1.165) is 33.4 Å². The highest BCUT2D eigenvalue weighted by atomic mass is 16.3. The molecule has 1 aliphatic rings. The molecule has 41 heavy (non-hydrogen) atoms. The molecule has 6 heteroatoms. The van der Waals surface area contributed by atoms with Crippen LogP contribution in [0.3, 0.4) is 0 Å². The number of benzene rings is 3. The molecule has 0 amide bonds. The summed E-state index contributed by atoms with van der Waals surface area (Å²) in [7, 11) is 0. The fraction of sp³-hybridized carbons (Fsp3) is 0.0857. The van der Waals surface area contributed by atoms with Gasteiger partial charge in [-0.3, -0.25) is 9.97 Å². The van der Waals surface area contributed by atoms with Crippen molar-refractivity contribution < 1.29 is 8.83 Å². The number of nitrogens with zero attached hydrogens (tertiary/aromatic N) is 4. The van der Waals surface area contributed by atoms with Crippen LogP contribution in [0.4, 0.5) is 0 Å². The van der Waals surface area contributed by atoms with Crippen LogP contribution in [0.25, 0.3) is 66.8 Å². The smallest absolute Gasteiger partial charge is 0.181 e. The molecule has 0 bridgehead atoms. The molecule has 0 unspecified atom stereocenters. The molecule has 0 saturated carbocycles. The maximum atomic E-state index is 5.56. The van der Waals surface area contributed by atoms with Crippen molar-refractivity contribution in [1.82, 2.24) is 19.9 Å². The zero-order chi connectivity index (χ0) is 27.6. The molecular weight excluding hydrogens is 508 g/mol. The van der Waals surface area contributed by atoms with Gasteiger partial charge in [-0.1, -0.05) is 50.2 Å². The van der Waals surface area contributed by atoms with Gasteiger partial charge in [0.05, 0.1) is 12.4 Å². The summed E-state index contributed by atoms with van der Waals surface area (Å²) in [5, 5.41) is 2.43. The van der Waals surface area contributed by atoms with Crippen molar-refractivity contribution in [2.45, 2.75) is 19.3 Å². The number of aromatic nitrogens is 4. The molecule has 3 aromatic carbocycles. The highest BCUT2D eigenvalue weighted by Gasteiger charge is 2.37. The minimum atomic E-state index is -0.217. The van der Waals surface area contributed by atoms with E-state index in [-0.39, 0.29) is 5.41 Å². The van der Waals surface area contributed by atoms with E-state index < -0.39 is 0 Å². The summed E-state index contributed by atoms with van der Waals surface area (Å²) in [6, 6.07) is 22.0. The van der Waals surface area contributed by atoms with Crippen molar-refractivity contribution in [1.29, 1.82) is 0 Å². The molecule has 0 radical (unpaired) electrons. The molecule has 8 rings (SSSR count). The Morgan fingerprint density at radius 3 is 1.83 bits per heavy atom. The molecule has 0 saturated heterocycles. The van der Waals surface area contributed by atoms with Crippen molar-refractivity contribution in [3.63, 3.8) is 0 Å². The Morgan fingerprint density at radius 1 is 0.512 bits per heavy atom.